The number of sulfonamides is 1. The summed E-state index contributed by atoms with van der Waals surface area (Å²) >= 11 is 0. The number of nitrogens with one attached hydrogen (secondary N) is 1. The number of benzene rings is 2. The van der Waals surface area contributed by atoms with Crippen molar-refractivity contribution in [1.82, 2.24) is 18.9 Å². The molecule has 198 valence electrons. The van der Waals surface area contributed by atoms with E-state index in [0.29, 0.717) is 41.1 Å². The molecule has 0 aliphatic carbocycles. The Kier molecular flexibility index (Phi) is 6.66. The summed E-state index contributed by atoms with van der Waals surface area (Å²) in [5.41, 5.74) is 3.28. The maximum atomic E-state index is 14.5. The van der Waals surface area contributed by atoms with Gasteiger partial charge in [0.05, 0.1) is 18.4 Å². The van der Waals surface area contributed by atoms with E-state index in [-0.39, 0.29) is 22.0 Å². The Morgan fingerprint density at radius 1 is 1.05 bits per heavy atom. The van der Waals surface area contributed by atoms with Crippen molar-refractivity contribution in [3.63, 3.8) is 0 Å². The number of nitrogens with zero attached hydrogens (tertiary/aromatic N) is 4. The number of ether oxygens (including phenoxy) is 1. The molecule has 1 fully saturated rings. The summed E-state index contributed by atoms with van der Waals surface area (Å²) in [6, 6.07) is 11.0. The second-order valence-electron chi connectivity index (χ2n) is 9.41. The van der Waals surface area contributed by atoms with Crippen LogP contribution in [0.1, 0.15) is 40.3 Å². The average molecular weight is 538 g/mol. The number of amides is 1. The third kappa shape index (κ3) is 4.52. The van der Waals surface area contributed by atoms with Crippen molar-refractivity contribution >= 4 is 27.3 Å². The van der Waals surface area contributed by atoms with Crippen LogP contribution in [-0.4, -0.2) is 53.4 Å². The van der Waals surface area contributed by atoms with E-state index < -0.39 is 21.7 Å². The SMILES string of the molecule is COc1ccc(-c2c(C(=O)Nc3ccc(C)cc3F)nn3c(C)cc(C)nc23)cc1S(=O)(=O)N1CCCC1. The molecular weight excluding hydrogens is 509 g/mol. The van der Waals surface area contributed by atoms with Crippen LogP contribution in [0.25, 0.3) is 16.8 Å². The predicted molar refractivity (Wildman–Crippen MR) is 142 cm³/mol. The summed E-state index contributed by atoms with van der Waals surface area (Å²) in [4.78, 5) is 18.1. The molecule has 11 heteroatoms. The lowest BCUT2D eigenvalue weighted by Gasteiger charge is -2.18. The van der Waals surface area contributed by atoms with Crippen LogP contribution in [0.3, 0.4) is 0 Å². The van der Waals surface area contributed by atoms with Crippen LogP contribution in [0.4, 0.5) is 10.1 Å². The van der Waals surface area contributed by atoms with Crippen molar-refractivity contribution in [3.8, 4) is 16.9 Å². The molecule has 0 atom stereocenters. The van der Waals surface area contributed by atoms with E-state index in [4.69, 9.17) is 4.74 Å². The Hall–Kier alpha value is -3.83. The van der Waals surface area contributed by atoms with E-state index in [0.717, 1.165) is 18.5 Å². The van der Waals surface area contributed by atoms with Gasteiger partial charge >= 0.3 is 0 Å². The van der Waals surface area contributed by atoms with E-state index in [1.165, 1.54) is 34.1 Å². The van der Waals surface area contributed by atoms with Gasteiger partial charge in [-0.2, -0.15) is 9.40 Å². The van der Waals surface area contributed by atoms with Gasteiger partial charge in [-0.3, -0.25) is 4.79 Å². The summed E-state index contributed by atoms with van der Waals surface area (Å²) in [6.07, 6.45) is 1.58. The van der Waals surface area contributed by atoms with Crippen LogP contribution in [0.2, 0.25) is 0 Å². The van der Waals surface area contributed by atoms with Crippen LogP contribution < -0.4 is 10.1 Å². The minimum absolute atomic E-state index is 0.000868. The van der Waals surface area contributed by atoms with E-state index in [2.05, 4.69) is 15.4 Å². The van der Waals surface area contributed by atoms with Crippen molar-refractivity contribution in [2.24, 2.45) is 0 Å². The van der Waals surface area contributed by atoms with E-state index in [9.17, 15) is 17.6 Å². The average Bonchev–Trinajstić information content (AvgIpc) is 3.54. The standard InChI is InChI=1S/C27H28FN5O4S/c1-16-7-9-21(20(28)13-16)30-27(34)25-24(26-29-17(2)14-18(3)33(26)31-25)19-8-10-22(37-4)23(15-19)38(35,36)32-11-5-6-12-32/h7-10,13-15H,5-6,11-12H2,1-4H3,(H,30,34). The highest BCUT2D eigenvalue weighted by molar-refractivity contribution is 7.89. The van der Waals surface area contributed by atoms with Gasteiger partial charge in [-0.25, -0.2) is 22.3 Å². The summed E-state index contributed by atoms with van der Waals surface area (Å²) in [7, 11) is -2.43. The first-order chi connectivity index (χ1) is 18.1. The number of carbonyl (C=O) groups excluding carboxylic acids is 1. The molecule has 0 bridgehead atoms. The lowest BCUT2D eigenvalue weighted by Crippen LogP contribution is -2.28. The van der Waals surface area contributed by atoms with Gasteiger partial charge in [0, 0.05) is 24.5 Å². The van der Waals surface area contributed by atoms with Crippen molar-refractivity contribution in [2.75, 3.05) is 25.5 Å². The molecule has 3 heterocycles. The maximum Gasteiger partial charge on any atom is 0.276 e. The first-order valence-electron chi connectivity index (χ1n) is 12.2. The third-order valence-corrected chi connectivity index (χ3v) is 8.54. The van der Waals surface area contributed by atoms with Gasteiger partial charge < -0.3 is 10.1 Å². The first kappa shape index (κ1) is 25.8. The molecule has 9 nitrogen and oxygen atoms in total. The highest BCUT2D eigenvalue weighted by Gasteiger charge is 2.32. The first-order valence-corrected chi connectivity index (χ1v) is 13.7. The molecule has 5 rings (SSSR count). The fourth-order valence-electron chi connectivity index (χ4n) is 4.75. The Bertz CT molecular complexity index is 1680. The number of carbonyl (C=O) groups is 1. The van der Waals surface area contributed by atoms with Gasteiger partial charge in [0.15, 0.2) is 11.3 Å². The summed E-state index contributed by atoms with van der Waals surface area (Å²) in [6.45, 7) is 6.27. The summed E-state index contributed by atoms with van der Waals surface area (Å²) < 4.78 is 50.0. The van der Waals surface area contributed by atoms with Crippen molar-refractivity contribution in [2.45, 2.75) is 38.5 Å². The Balaban J connectivity index is 1.70. The predicted octanol–water partition coefficient (Wildman–Crippen LogP) is 4.51. The molecule has 0 unspecified atom stereocenters. The largest absolute Gasteiger partial charge is 0.495 e. The number of hydrogen-bond acceptors (Lipinski definition) is 6. The molecule has 0 radical (unpaired) electrons. The Labute approximate surface area is 220 Å². The smallest absolute Gasteiger partial charge is 0.276 e. The second kappa shape index (κ2) is 9.80. The molecule has 1 aliphatic rings. The second-order valence-corrected chi connectivity index (χ2v) is 11.3. The zero-order valence-corrected chi connectivity index (χ0v) is 22.4. The molecule has 1 saturated heterocycles. The van der Waals surface area contributed by atoms with Crippen LogP contribution in [0.5, 0.6) is 5.75 Å². The highest BCUT2D eigenvalue weighted by atomic mass is 32.2. The van der Waals surface area contributed by atoms with Gasteiger partial charge in [0.25, 0.3) is 5.91 Å². The van der Waals surface area contributed by atoms with Gasteiger partial charge in [-0.15, -0.1) is 0 Å². The number of halogens is 1. The number of hydrogen-bond donors (Lipinski definition) is 1. The quantitative estimate of drug-likeness (QED) is 0.388. The monoisotopic (exact) mass is 537 g/mol. The number of aryl methyl sites for hydroxylation is 3. The van der Waals surface area contributed by atoms with Crippen LogP contribution in [-0.2, 0) is 10.0 Å². The summed E-state index contributed by atoms with van der Waals surface area (Å²) in [5.74, 6) is -1.02. The molecule has 2 aromatic heterocycles. The minimum atomic E-state index is -3.85. The molecule has 4 aromatic rings. The number of aromatic nitrogens is 3. The van der Waals surface area contributed by atoms with Crippen molar-refractivity contribution in [1.29, 1.82) is 0 Å². The highest BCUT2D eigenvalue weighted by Crippen LogP contribution is 2.36. The zero-order valence-electron chi connectivity index (χ0n) is 21.6. The molecule has 0 saturated carbocycles. The van der Waals surface area contributed by atoms with Crippen molar-refractivity contribution in [3.05, 3.63) is 70.9 Å². The maximum absolute atomic E-state index is 14.5. The molecule has 1 aliphatic heterocycles. The van der Waals surface area contributed by atoms with E-state index in [1.807, 2.05) is 19.9 Å². The van der Waals surface area contributed by atoms with Gasteiger partial charge in [-0.05, 0) is 75.1 Å². The molecular formula is C27H28FN5O4S. The number of anilines is 1. The molecule has 0 spiro atoms. The summed E-state index contributed by atoms with van der Waals surface area (Å²) in [5, 5.41) is 7.12. The van der Waals surface area contributed by atoms with Crippen LogP contribution in [0.15, 0.2) is 47.4 Å². The van der Waals surface area contributed by atoms with Crippen molar-refractivity contribution < 1.29 is 22.3 Å². The number of methoxy groups -OCH3 is 1. The lowest BCUT2D eigenvalue weighted by molar-refractivity contribution is 0.102. The molecule has 2 aromatic carbocycles. The zero-order chi connectivity index (χ0) is 27.2. The van der Waals surface area contributed by atoms with E-state index in [1.54, 1.807) is 25.1 Å². The van der Waals surface area contributed by atoms with Crippen LogP contribution >= 0.6 is 0 Å². The third-order valence-electron chi connectivity index (χ3n) is 6.62. The normalized spacial score (nSPS) is 14.2. The number of fused-ring (bicyclic) bond motifs is 1. The van der Waals surface area contributed by atoms with E-state index >= 15 is 0 Å². The minimum Gasteiger partial charge on any atom is -0.495 e. The fraction of sp³-hybridized carbons (Fsp3) is 0.296. The van der Waals surface area contributed by atoms with Gasteiger partial charge in [-0.1, -0.05) is 12.1 Å². The molecule has 1 N–H and O–H groups in total. The van der Waals surface area contributed by atoms with Gasteiger partial charge in [0.2, 0.25) is 10.0 Å². The Morgan fingerprint density at radius 2 is 1.79 bits per heavy atom. The topological polar surface area (TPSA) is 106 Å². The molecule has 1 amide bonds. The lowest BCUT2D eigenvalue weighted by atomic mass is 10.0. The fourth-order valence-corrected chi connectivity index (χ4v) is 6.45. The van der Waals surface area contributed by atoms with Crippen LogP contribution in [0, 0.1) is 26.6 Å². The number of rotatable bonds is 6. The van der Waals surface area contributed by atoms with Gasteiger partial charge in [0.1, 0.15) is 16.5 Å². The molecule has 38 heavy (non-hydrogen) atoms. The Morgan fingerprint density at radius 3 is 2.47 bits per heavy atom.